The molecule has 118 valence electrons. The largest absolute Gasteiger partial charge is 0.457 e. The molecule has 5 nitrogen and oxygen atoms in total. The van der Waals surface area contributed by atoms with Gasteiger partial charge >= 0.3 is 5.97 Å². The Morgan fingerprint density at radius 2 is 2.09 bits per heavy atom. The van der Waals surface area contributed by atoms with E-state index >= 15 is 0 Å². The van der Waals surface area contributed by atoms with Gasteiger partial charge in [-0.15, -0.1) is 11.3 Å². The van der Waals surface area contributed by atoms with E-state index in [0.717, 1.165) is 15.7 Å². The molecule has 0 spiro atoms. The molecular formula is C16H13BrN2O3S. The number of esters is 1. The third kappa shape index (κ3) is 4.98. The first-order chi connectivity index (χ1) is 11.0. The molecule has 0 aliphatic carbocycles. The van der Waals surface area contributed by atoms with Crippen molar-refractivity contribution < 1.29 is 14.3 Å². The molecule has 23 heavy (non-hydrogen) atoms. The molecule has 0 bridgehead atoms. The van der Waals surface area contributed by atoms with E-state index in [9.17, 15) is 9.59 Å². The molecule has 0 aliphatic rings. The Bertz CT molecular complexity index is 749. The zero-order chi connectivity index (χ0) is 16.8. The van der Waals surface area contributed by atoms with Gasteiger partial charge in [0.2, 0.25) is 0 Å². The number of rotatable bonds is 6. The Morgan fingerprint density at radius 1 is 1.39 bits per heavy atom. The van der Waals surface area contributed by atoms with Crippen LogP contribution in [-0.2, 0) is 20.7 Å². The fourth-order valence-corrected chi connectivity index (χ4v) is 2.95. The summed E-state index contributed by atoms with van der Waals surface area (Å²) in [5.74, 6) is -1.96. The van der Waals surface area contributed by atoms with Crippen LogP contribution in [0.5, 0.6) is 0 Å². The first kappa shape index (κ1) is 17.3. The summed E-state index contributed by atoms with van der Waals surface area (Å²) in [6, 6.07) is 9.15. The fraction of sp³-hybridized carbons (Fsp3) is 0.250. The number of Topliss-reactive ketones (excluding diaryl/α,β-unsaturated/α-hetero) is 1. The van der Waals surface area contributed by atoms with Gasteiger partial charge in [0.25, 0.3) is 0 Å². The minimum atomic E-state index is -0.991. The molecule has 1 aromatic heterocycles. The lowest BCUT2D eigenvalue weighted by atomic mass is 10.1. The van der Waals surface area contributed by atoms with Crippen LogP contribution in [0.25, 0.3) is 0 Å². The summed E-state index contributed by atoms with van der Waals surface area (Å²) in [5, 5.41) is 11.3. The summed E-state index contributed by atoms with van der Waals surface area (Å²) in [6.07, 6.45) is 0.0775. The quantitative estimate of drug-likeness (QED) is 0.705. The molecule has 7 heteroatoms. The van der Waals surface area contributed by atoms with Crippen molar-refractivity contribution in [3.8, 4) is 6.07 Å². The molecular weight excluding hydrogens is 380 g/mol. The summed E-state index contributed by atoms with van der Waals surface area (Å²) >= 11 is 4.56. The van der Waals surface area contributed by atoms with Crippen molar-refractivity contribution in [2.75, 3.05) is 6.61 Å². The Labute approximate surface area is 146 Å². The van der Waals surface area contributed by atoms with Crippen LogP contribution in [0.4, 0.5) is 0 Å². The second-order valence-electron chi connectivity index (χ2n) is 4.82. The highest BCUT2D eigenvalue weighted by Crippen LogP contribution is 2.20. The predicted octanol–water partition coefficient (Wildman–Crippen LogP) is 3.18. The van der Waals surface area contributed by atoms with Crippen molar-refractivity contribution >= 4 is 39.0 Å². The van der Waals surface area contributed by atoms with Gasteiger partial charge in [-0.05, 0) is 24.6 Å². The normalized spacial score (nSPS) is 11.5. The summed E-state index contributed by atoms with van der Waals surface area (Å²) < 4.78 is 5.89. The number of nitriles is 1. The van der Waals surface area contributed by atoms with E-state index < -0.39 is 24.3 Å². The van der Waals surface area contributed by atoms with Crippen LogP contribution in [0.3, 0.4) is 0 Å². The Kier molecular flexibility index (Phi) is 6.02. The molecule has 0 saturated carbocycles. The zero-order valence-corrected chi connectivity index (χ0v) is 14.7. The maximum absolute atomic E-state index is 12.0. The Morgan fingerprint density at radius 3 is 2.65 bits per heavy atom. The van der Waals surface area contributed by atoms with Crippen molar-refractivity contribution in [1.29, 1.82) is 5.26 Å². The number of thiazole rings is 1. The minimum absolute atomic E-state index is 0.0775. The molecule has 0 radical (unpaired) electrons. The van der Waals surface area contributed by atoms with Crippen LogP contribution in [0.2, 0.25) is 0 Å². The average molecular weight is 393 g/mol. The highest BCUT2D eigenvalue weighted by atomic mass is 79.9. The maximum atomic E-state index is 12.0. The number of hydrogen-bond acceptors (Lipinski definition) is 6. The number of hydrogen-bond donors (Lipinski definition) is 0. The standard InChI is InChI=1S/C16H13BrN2O3S/c1-10-9-23-16(19-10)13(7-18)14(20)8-22-15(21)6-11-2-4-12(17)5-3-11/h2-5,9,13H,6,8H2,1H3/t13-/m1/s1. The lowest BCUT2D eigenvalue weighted by Crippen LogP contribution is -2.20. The van der Waals surface area contributed by atoms with Gasteiger partial charge in [0.1, 0.15) is 5.01 Å². The molecule has 0 aliphatic heterocycles. The number of carbonyl (C=O) groups excluding carboxylic acids is 2. The van der Waals surface area contributed by atoms with Gasteiger partial charge in [0.15, 0.2) is 18.3 Å². The SMILES string of the molecule is Cc1csc([C@H](C#N)C(=O)COC(=O)Cc2ccc(Br)cc2)n1. The number of nitrogens with zero attached hydrogens (tertiary/aromatic N) is 2. The Hall–Kier alpha value is -2.04. The molecule has 1 atom stereocenters. The third-order valence-corrected chi connectivity index (χ3v) is 4.53. The summed E-state index contributed by atoms with van der Waals surface area (Å²) in [5.41, 5.74) is 1.54. The van der Waals surface area contributed by atoms with Gasteiger partial charge in [-0.1, -0.05) is 28.1 Å². The van der Waals surface area contributed by atoms with E-state index in [-0.39, 0.29) is 6.42 Å². The van der Waals surface area contributed by atoms with E-state index in [1.54, 1.807) is 24.4 Å². The molecule has 0 unspecified atom stereocenters. The van der Waals surface area contributed by atoms with Gasteiger partial charge in [0.05, 0.1) is 12.5 Å². The molecule has 1 aromatic carbocycles. The lowest BCUT2D eigenvalue weighted by molar-refractivity contribution is -0.147. The molecule has 0 N–H and O–H groups in total. The molecule has 0 fully saturated rings. The number of carbonyl (C=O) groups is 2. The van der Waals surface area contributed by atoms with Crippen molar-refractivity contribution in [2.45, 2.75) is 19.3 Å². The van der Waals surface area contributed by atoms with E-state index in [1.165, 1.54) is 11.3 Å². The first-order valence-electron chi connectivity index (χ1n) is 6.74. The van der Waals surface area contributed by atoms with E-state index in [4.69, 9.17) is 10.00 Å². The van der Waals surface area contributed by atoms with Crippen molar-refractivity contribution in [3.63, 3.8) is 0 Å². The molecule has 2 aromatic rings. The van der Waals surface area contributed by atoms with Gasteiger partial charge in [0, 0.05) is 15.5 Å². The second-order valence-corrected chi connectivity index (χ2v) is 6.62. The van der Waals surface area contributed by atoms with E-state index in [1.807, 2.05) is 18.2 Å². The van der Waals surface area contributed by atoms with Crippen LogP contribution >= 0.6 is 27.3 Å². The smallest absolute Gasteiger partial charge is 0.310 e. The van der Waals surface area contributed by atoms with E-state index in [0.29, 0.717) is 5.01 Å². The Balaban J connectivity index is 1.89. The molecule has 1 heterocycles. The molecule has 2 rings (SSSR count). The number of aryl methyl sites for hydroxylation is 1. The summed E-state index contributed by atoms with van der Waals surface area (Å²) in [4.78, 5) is 28.0. The monoisotopic (exact) mass is 392 g/mol. The number of aromatic nitrogens is 1. The highest BCUT2D eigenvalue weighted by molar-refractivity contribution is 9.10. The number of ketones is 1. The molecule has 0 saturated heterocycles. The van der Waals surface area contributed by atoms with Crippen LogP contribution in [0.1, 0.15) is 22.2 Å². The van der Waals surface area contributed by atoms with Crippen LogP contribution in [0.15, 0.2) is 34.1 Å². The molecule has 0 amide bonds. The van der Waals surface area contributed by atoms with Gasteiger partial charge in [-0.25, -0.2) is 4.98 Å². The van der Waals surface area contributed by atoms with Crippen molar-refractivity contribution in [2.24, 2.45) is 0 Å². The topological polar surface area (TPSA) is 80.0 Å². The highest BCUT2D eigenvalue weighted by Gasteiger charge is 2.24. The maximum Gasteiger partial charge on any atom is 0.310 e. The second kappa shape index (κ2) is 7.99. The summed E-state index contributed by atoms with van der Waals surface area (Å²) in [7, 11) is 0. The number of benzene rings is 1. The van der Waals surface area contributed by atoms with Crippen LogP contribution in [-0.4, -0.2) is 23.3 Å². The van der Waals surface area contributed by atoms with Gasteiger partial charge in [-0.3, -0.25) is 9.59 Å². The van der Waals surface area contributed by atoms with Crippen molar-refractivity contribution in [1.82, 2.24) is 4.98 Å². The van der Waals surface area contributed by atoms with E-state index in [2.05, 4.69) is 20.9 Å². The van der Waals surface area contributed by atoms with Crippen molar-refractivity contribution in [3.05, 3.63) is 50.4 Å². The fourth-order valence-electron chi connectivity index (χ4n) is 1.82. The lowest BCUT2D eigenvalue weighted by Gasteiger charge is -2.07. The average Bonchev–Trinajstić information content (AvgIpc) is 2.94. The van der Waals surface area contributed by atoms with Gasteiger partial charge < -0.3 is 4.74 Å². The van der Waals surface area contributed by atoms with Gasteiger partial charge in [-0.2, -0.15) is 5.26 Å². The number of ether oxygens (including phenoxy) is 1. The zero-order valence-electron chi connectivity index (χ0n) is 12.3. The minimum Gasteiger partial charge on any atom is -0.457 e. The van der Waals surface area contributed by atoms with Crippen LogP contribution < -0.4 is 0 Å². The summed E-state index contributed by atoms with van der Waals surface area (Å²) in [6.45, 7) is 1.36. The number of halogens is 1. The third-order valence-electron chi connectivity index (χ3n) is 2.97. The van der Waals surface area contributed by atoms with Crippen LogP contribution in [0, 0.1) is 18.3 Å². The predicted molar refractivity (Wildman–Crippen MR) is 89.0 cm³/mol. The first-order valence-corrected chi connectivity index (χ1v) is 8.41.